The first kappa shape index (κ1) is 17.8. The van der Waals surface area contributed by atoms with E-state index < -0.39 is 5.91 Å². The van der Waals surface area contributed by atoms with Crippen molar-refractivity contribution in [2.45, 2.75) is 39.3 Å². The first-order valence-electron chi connectivity index (χ1n) is 8.47. The van der Waals surface area contributed by atoms with Gasteiger partial charge in [-0.05, 0) is 44.4 Å². The molecule has 0 bridgehead atoms. The van der Waals surface area contributed by atoms with E-state index in [0.717, 1.165) is 48.7 Å². The van der Waals surface area contributed by atoms with Crippen molar-refractivity contribution < 1.29 is 9.53 Å². The van der Waals surface area contributed by atoms with Crippen LogP contribution in [0, 0.1) is 25.2 Å². The number of nitrogens with zero attached hydrogens (tertiary/aromatic N) is 3. The molecule has 2 aliphatic heterocycles. The number of thioether (sulfide) groups is 1. The molecule has 1 fully saturated rings. The van der Waals surface area contributed by atoms with E-state index in [1.807, 2.05) is 26.0 Å². The maximum atomic E-state index is 12.3. The summed E-state index contributed by atoms with van der Waals surface area (Å²) in [5.41, 5.74) is 3.13. The van der Waals surface area contributed by atoms with Crippen LogP contribution in [0.4, 0.5) is 0 Å². The summed E-state index contributed by atoms with van der Waals surface area (Å²) < 4.78 is 7.92. The summed E-state index contributed by atoms with van der Waals surface area (Å²) in [4.78, 5) is 16.5. The molecule has 0 unspecified atom stereocenters. The van der Waals surface area contributed by atoms with Crippen LogP contribution in [0.1, 0.15) is 29.8 Å². The smallest absolute Gasteiger partial charge is 0.267 e. The average molecular weight is 358 g/mol. The Labute approximate surface area is 151 Å². The minimum atomic E-state index is -0.403. The number of aromatic nitrogens is 1. The molecule has 1 amide bonds. The quantitative estimate of drug-likeness (QED) is 0.662. The number of aliphatic imine (C=N–C) groups is 1. The van der Waals surface area contributed by atoms with E-state index in [4.69, 9.17) is 4.74 Å². The molecule has 1 aromatic heterocycles. The Hall–Kier alpha value is -2.04. The van der Waals surface area contributed by atoms with Crippen LogP contribution < -0.4 is 5.32 Å². The molecule has 0 radical (unpaired) electrons. The molecule has 1 N–H and O–H groups in total. The molecule has 132 valence electrons. The topological polar surface area (TPSA) is 79.4 Å². The van der Waals surface area contributed by atoms with Crippen LogP contribution in [-0.4, -0.2) is 40.7 Å². The Morgan fingerprint density at radius 2 is 2.44 bits per heavy atom. The molecule has 0 aliphatic carbocycles. The molecule has 1 saturated heterocycles. The van der Waals surface area contributed by atoms with Gasteiger partial charge in [0.2, 0.25) is 0 Å². The molecule has 0 saturated carbocycles. The number of hydrogen-bond donors (Lipinski definition) is 1. The Kier molecular flexibility index (Phi) is 5.61. The number of hydrogen-bond acceptors (Lipinski definition) is 5. The third-order valence-corrected chi connectivity index (χ3v) is 5.39. The van der Waals surface area contributed by atoms with Gasteiger partial charge in [-0.25, -0.2) is 0 Å². The van der Waals surface area contributed by atoms with E-state index in [1.54, 1.807) is 6.08 Å². The SMILES string of the molecule is Cc1cc(/C=C(/C#N)C(=O)NC2=NCCS2)c(C)n1C[C@H]1CCCO1. The van der Waals surface area contributed by atoms with Gasteiger partial charge in [0.15, 0.2) is 5.17 Å². The predicted molar refractivity (Wildman–Crippen MR) is 99.4 cm³/mol. The minimum absolute atomic E-state index is 0.0903. The second-order valence-corrected chi connectivity index (χ2v) is 7.32. The fourth-order valence-electron chi connectivity index (χ4n) is 3.13. The number of rotatable bonds is 4. The average Bonchev–Trinajstić information content (AvgIpc) is 3.32. The Bertz CT molecular complexity index is 767. The molecule has 3 heterocycles. The largest absolute Gasteiger partial charge is 0.376 e. The Balaban J connectivity index is 1.78. The van der Waals surface area contributed by atoms with Crippen molar-refractivity contribution in [2.75, 3.05) is 18.9 Å². The summed E-state index contributed by atoms with van der Waals surface area (Å²) in [5.74, 6) is 0.464. The van der Waals surface area contributed by atoms with Crippen LogP contribution in [0.15, 0.2) is 16.6 Å². The predicted octanol–water partition coefficient (Wildman–Crippen LogP) is 2.41. The van der Waals surface area contributed by atoms with Crippen LogP contribution in [-0.2, 0) is 16.1 Å². The summed E-state index contributed by atoms with van der Waals surface area (Å²) in [7, 11) is 0. The first-order chi connectivity index (χ1) is 12.1. The van der Waals surface area contributed by atoms with Crippen molar-refractivity contribution in [1.29, 1.82) is 5.26 Å². The number of carbonyl (C=O) groups is 1. The van der Waals surface area contributed by atoms with Crippen LogP contribution in [0.5, 0.6) is 0 Å². The Morgan fingerprint density at radius 3 is 3.08 bits per heavy atom. The molecule has 6 nitrogen and oxygen atoms in total. The van der Waals surface area contributed by atoms with Crippen LogP contribution >= 0.6 is 11.8 Å². The van der Waals surface area contributed by atoms with Crippen molar-refractivity contribution >= 4 is 28.9 Å². The van der Waals surface area contributed by atoms with Gasteiger partial charge in [0.25, 0.3) is 5.91 Å². The monoisotopic (exact) mass is 358 g/mol. The number of ether oxygens (including phenoxy) is 1. The standard InChI is InChI=1S/C18H22N4O2S/c1-12-8-14(13(2)22(12)11-16-4-3-6-24-16)9-15(10-19)17(23)21-18-20-5-7-25-18/h8-9,16H,3-7,11H2,1-2H3,(H,20,21,23)/b15-9-/t16-/m1/s1. The first-order valence-corrected chi connectivity index (χ1v) is 9.45. The van der Waals surface area contributed by atoms with Gasteiger partial charge in [-0.2, -0.15) is 5.26 Å². The zero-order valence-electron chi connectivity index (χ0n) is 14.5. The lowest BCUT2D eigenvalue weighted by atomic mass is 10.1. The number of nitrogens with one attached hydrogen (secondary N) is 1. The highest BCUT2D eigenvalue weighted by Gasteiger charge is 2.20. The third-order valence-electron chi connectivity index (χ3n) is 4.49. The van der Waals surface area contributed by atoms with E-state index in [2.05, 4.69) is 14.9 Å². The number of carbonyl (C=O) groups excluding carboxylic acids is 1. The summed E-state index contributed by atoms with van der Waals surface area (Å²) in [5, 5.41) is 12.7. The molecule has 3 rings (SSSR count). The molecule has 25 heavy (non-hydrogen) atoms. The fraction of sp³-hybridized carbons (Fsp3) is 0.500. The summed E-state index contributed by atoms with van der Waals surface area (Å²) in [6.07, 6.45) is 4.09. The summed E-state index contributed by atoms with van der Waals surface area (Å²) in [6.45, 7) is 6.40. The van der Waals surface area contributed by atoms with Crippen molar-refractivity contribution in [3.63, 3.8) is 0 Å². The fourth-order valence-corrected chi connectivity index (χ4v) is 3.85. The summed E-state index contributed by atoms with van der Waals surface area (Å²) in [6, 6.07) is 4.01. The van der Waals surface area contributed by atoms with Crippen molar-refractivity contribution in [2.24, 2.45) is 4.99 Å². The van der Waals surface area contributed by atoms with Gasteiger partial charge in [-0.3, -0.25) is 9.79 Å². The maximum Gasteiger partial charge on any atom is 0.267 e. The van der Waals surface area contributed by atoms with Gasteiger partial charge in [0.05, 0.1) is 12.6 Å². The van der Waals surface area contributed by atoms with Crippen LogP contribution in [0.3, 0.4) is 0 Å². The zero-order chi connectivity index (χ0) is 17.8. The van der Waals surface area contributed by atoms with Gasteiger partial charge in [-0.15, -0.1) is 0 Å². The molecular formula is C18H22N4O2S. The van der Waals surface area contributed by atoms with Crippen molar-refractivity contribution in [3.05, 3.63) is 28.6 Å². The number of aryl methyl sites for hydroxylation is 1. The molecule has 1 atom stereocenters. The highest BCUT2D eigenvalue weighted by atomic mass is 32.2. The molecule has 1 aromatic rings. The zero-order valence-corrected chi connectivity index (χ0v) is 15.4. The number of nitriles is 1. The lowest BCUT2D eigenvalue weighted by Gasteiger charge is -2.14. The van der Waals surface area contributed by atoms with E-state index in [9.17, 15) is 10.1 Å². The van der Waals surface area contributed by atoms with E-state index in [1.165, 1.54) is 11.8 Å². The highest BCUT2D eigenvalue weighted by molar-refractivity contribution is 8.14. The molecule has 2 aliphatic rings. The van der Waals surface area contributed by atoms with Crippen molar-refractivity contribution in [1.82, 2.24) is 9.88 Å². The Morgan fingerprint density at radius 1 is 1.60 bits per heavy atom. The molecule has 0 aromatic carbocycles. The third kappa shape index (κ3) is 4.14. The van der Waals surface area contributed by atoms with E-state index in [0.29, 0.717) is 11.7 Å². The number of amides is 1. The van der Waals surface area contributed by atoms with Gasteiger partial charge in [-0.1, -0.05) is 11.8 Å². The molecular weight excluding hydrogens is 336 g/mol. The summed E-state index contributed by atoms with van der Waals surface area (Å²) >= 11 is 1.50. The van der Waals surface area contributed by atoms with Gasteiger partial charge >= 0.3 is 0 Å². The molecule has 0 spiro atoms. The van der Waals surface area contributed by atoms with Crippen LogP contribution in [0.25, 0.3) is 6.08 Å². The van der Waals surface area contributed by atoms with Crippen LogP contribution in [0.2, 0.25) is 0 Å². The minimum Gasteiger partial charge on any atom is -0.376 e. The van der Waals surface area contributed by atoms with Crippen molar-refractivity contribution in [3.8, 4) is 6.07 Å². The van der Waals surface area contributed by atoms with E-state index in [-0.39, 0.29) is 11.7 Å². The van der Waals surface area contributed by atoms with Gasteiger partial charge < -0.3 is 14.6 Å². The lowest BCUT2D eigenvalue weighted by Crippen LogP contribution is -2.28. The second-order valence-electron chi connectivity index (χ2n) is 6.23. The van der Waals surface area contributed by atoms with E-state index >= 15 is 0 Å². The highest BCUT2D eigenvalue weighted by Crippen LogP contribution is 2.22. The lowest BCUT2D eigenvalue weighted by molar-refractivity contribution is -0.115. The maximum absolute atomic E-state index is 12.3. The number of amidine groups is 1. The van der Waals surface area contributed by atoms with Gasteiger partial charge in [0, 0.05) is 30.3 Å². The normalized spacial score (nSPS) is 20.4. The second kappa shape index (κ2) is 7.89. The van der Waals surface area contributed by atoms with Gasteiger partial charge in [0.1, 0.15) is 11.6 Å². The molecule has 7 heteroatoms.